The van der Waals surface area contributed by atoms with Gasteiger partial charge in [0.1, 0.15) is 11.0 Å². The zero-order valence-electron chi connectivity index (χ0n) is 40.2. The molecule has 0 atom stereocenters. The van der Waals surface area contributed by atoms with Crippen molar-refractivity contribution in [3.05, 3.63) is 261 Å². The number of fused-ring (bicyclic) bond motifs is 2. The third kappa shape index (κ3) is 15.2. The molecule has 0 saturated carbocycles. The van der Waals surface area contributed by atoms with E-state index in [-0.39, 0.29) is 44.1 Å². The first-order chi connectivity index (χ1) is 34.0. The third-order valence-electron chi connectivity index (χ3n) is 11.3. The molecule has 11 rings (SSSR count). The standard InChI is InChI=1S/2C18H15P.C9H7NO.C8H15BO2.C7H4ClNO.Pd/c2*1-4-10-16(11-5-1)19(17-12-6-2-7-13-17)18-14-8-3-9-15-18;1-2-9-10-7-5-3-4-6-8(7)11-9;1-6-9-10-7(2,3)8(4,5)11-9;8-7-9-5-3-1-2-4-6(5)10-7;/h2*1-15H;2-6H,1H2;6H,1H2,2-5H3;1-4H;. The van der Waals surface area contributed by atoms with E-state index < -0.39 is 15.8 Å². The molecule has 2 aromatic heterocycles. The van der Waals surface area contributed by atoms with Crippen LogP contribution in [0.25, 0.3) is 28.3 Å². The van der Waals surface area contributed by atoms with Crippen LogP contribution in [-0.2, 0) is 29.7 Å². The van der Waals surface area contributed by atoms with Crippen molar-refractivity contribution in [2.45, 2.75) is 38.9 Å². The molecule has 0 unspecified atom stereocenters. The van der Waals surface area contributed by atoms with Crippen LogP contribution in [0.3, 0.4) is 0 Å². The maximum atomic E-state index is 5.57. The van der Waals surface area contributed by atoms with Gasteiger partial charge in [-0.1, -0.05) is 219 Å². The van der Waals surface area contributed by atoms with Crippen LogP contribution in [0.1, 0.15) is 33.6 Å². The summed E-state index contributed by atoms with van der Waals surface area (Å²) in [6, 6.07) is 79.7. The molecule has 3 heterocycles. The molecule has 6 nitrogen and oxygen atoms in total. The van der Waals surface area contributed by atoms with Crippen LogP contribution >= 0.6 is 27.4 Å². The first kappa shape index (κ1) is 54.3. The molecule has 1 fully saturated rings. The monoisotopic (exact) mass is 1080 g/mol. The number of nitrogens with zero attached hydrogens (tertiary/aromatic N) is 2. The van der Waals surface area contributed by atoms with Gasteiger partial charge in [-0.3, -0.25) is 0 Å². The molecule has 0 amide bonds. The van der Waals surface area contributed by atoms with E-state index in [4.69, 9.17) is 29.7 Å². The van der Waals surface area contributed by atoms with Gasteiger partial charge in [0.2, 0.25) is 5.89 Å². The first-order valence-corrected chi connectivity index (χ1v) is 26.0. The van der Waals surface area contributed by atoms with E-state index >= 15 is 0 Å². The van der Waals surface area contributed by atoms with Crippen LogP contribution in [0.2, 0.25) is 5.35 Å². The second-order valence-electron chi connectivity index (χ2n) is 16.7. The van der Waals surface area contributed by atoms with E-state index in [9.17, 15) is 0 Å². The largest absolute Gasteiger partial charge is 0.486 e. The summed E-state index contributed by atoms with van der Waals surface area (Å²) < 4.78 is 21.5. The third-order valence-corrected chi connectivity index (χ3v) is 16.4. The van der Waals surface area contributed by atoms with Crippen molar-refractivity contribution in [2.75, 3.05) is 0 Å². The maximum Gasteiger partial charge on any atom is 0.486 e. The van der Waals surface area contributed by atoms with Crippen LogP contribution in [0.15, 0.2) is 258 Å². The van der Waals surface area contributed by atoms with Gasteiger partial charge in [0.15, 0.2) is 11.2 Å². The summed E-state index contributed by atoms with van der Waals surface area (Å²) in [5, 5.41) is 8.58. The summed E-state index contributed by atoms with van der Waals surface area (Å²) in [6.45, 7) is 15.3. The molecular weight excluding hydrogens is 1030 g/mol. The van der Waals surface area contributed by atoms with E-state index in [1.807, 2.05) is 76.2 Å². The quantitative estimate of drug-likeness (QED) is 0.112. The summed E-state index contributed by atoms with van der Waals surface area (Å²) >= 11 is 5.51. The van der Waals surface area contributed by atoms with E-state index in [1.165, 1.54) is 31.8 Å². The van der Waals surface area contributed by atoms with Crippen LogP contribution in [0, 0.1) is 0 Å². The molecule has 11 heteroatoms. The second-order valence-corrected chi connectivity index (χ2v) is 21.5. The molecule has 71 heavy (non-hydrogen) atoms. The van der Waals surface area contributed by atoms with Crippen molar-refractivity contribution in [1.29, 1.82) is 0 Å². The van der Waals surface area contributed by atoms with E-state index in [2.05, 4.69) is 205 Å². The fourth-order valence-corrected chi connectivity index (χ4v) is 11.9. The molecule has 8 aromatic carbocycles. The summed E-state index contributed by atoms with van der Waals surface area (Å²) in [7, 11) is -1.14. The van der Waals surface area contributed by atoms with Crippen molar-refractivity contribution >= 4 is 94.7 Å². The average Bonchev–Trinajstić information content (AvgIpc) is 4.07. The van der Waals surface area contributed by atoms with Gasteiger partial charge < -0.3 is 18.1 Å². The van der Waals surface area contributed by atoms with Gasteiger partial charge in [-0.15, -0.1) is 6.58 Å². The Morgan fingerprint density at radius 3 is 0.972 bits per heavy atom. The molecule has 10 aromatic rings. The van der Waals surface area contributed by atoms with Gasteiger partial charge in [0.25, 0.3) is 5.35 Å². The number of aromatic nitrogens is 2. The predicted molar refractivity (Wildman–Crippen MR) is 300 cm³/mol. The molecule has 0 radical (unpaired) electrons. The molecular formula is C60H56BClN2O4P2Pd. The van der Waals surface area contributed by atoms with Crippen LogP contribution in [0.4, 0.5) is 0 Å². The maximum absolute atomic E-state index is 5.57. The predicted octanol–water partition coefficient (Wildman–Crippen LogP) is 13.6. The molecule has 360 valence electrons. The van der Waals surface area contributed by atoms with Crippen molar-refractivity contribution < 1.29 is 38.6 Å². The molecule has 0 aliphatic carbocycles. The van der Waals surface area contributed by atoms with Crippen molar-refractivity contribution in [3.8, 4) is 0 Å². The Morgan fingerprint density at radius 2 is 0.704 bits per heavy atom. The number of rotatable bonds is 8. The Bertz CT molecular complexity index is 2740. The Kier molecular flexibility index (Phi) is 20.6. The first-order valence-electron chi connectivity index (χ1n) is 22.9. The van der Waals surface area contributed by atoms with Gasteiger partial charge >= 0.3 is 7.12 Å². The second kappa shape index (κ2) is 27.0. The fourth-order valence-electron chi connectivity index (χ4n) is 7.16. The van der Waals surface area contributed by atoms with E-state index in [1.54, 1.807) is 12.1 Å². The number of benzene rings is 8. The normalized spacial score (nSPS) is 12.9. The Balaban J connectivity index is 0.000000149. The van der Waals surface area contributed by atoms with E-state index in [0.29, 0.717) is 5.89 Å². The fraction of sp³-hybridized carbons (Fsp3) is 0.100. The van der Waals surface area contributed by atoms with Gasteiger partial charge in [-0.2, -0.15) is 4.98 Å². The van der Waals surface area contributed by atoms with Gasteiger partial charge in [0, 0.05) is 20.4 Å². The molecule has 1 saturated heterocycles. The molecule has 1 aliphatic rings. The molecule has 0 bridgehead atoms. The number of oxazole rings is 2. The average molecular weight is 1080 g/mol. The zero-order chi connectivity index (χ0) is 49.2. The SMILES string of the molecule is C=CB1OC(C)(C)C(C)(C)O1.C=Cc1nc2ccccc2o1.Clc1nc2ccccc2o1.[Pd].c1ccc(P(c2ccccc2)c2ccccc2)cc1.c1ccc(P(c2ccccc2)c2ccccc2)cc1. The summed E-state index contributed by atoms with van der Waals surface area (Å²) in [6.07, 6.45) is 1.60. The Hall–Kier alpha value is -6.02. The topological polar surface area (TPSA) is 70.5 Å². The Morgan fingerprint density at radius 1 is 0.423 bits per heavy atom. The smallest absolute Gasteiger partial charge is 0.437 e. The minimum atomic E-state index is -0.446. The van der Waals surface area contributed by atoms with Crippen molar-refractivity contribution in [3.63, 3.8) is 0 Å². The van der Waals surface area contributed by atoms with E-state index in [0.717, 1.165) is 22.2 Å². The van der Waals surface area contributed by atoms with Gasteiger partial charge in [0.05, 0.1) is 11.2 Å². The molecule has 0 N–H and O–H groups in total. The summed E-state index contributed by atoms with van der Waals surface area (Å²) in [4.78, 5) is 8.06. The van der Waals surface area contributed by atoms with Crippen LogP contribution in [0.5, 0.6) is 0 Å². The minimum absolute atomic E-state index is 0. The number of hydrogen-bond acceptors (Lipinski definition) is 6. The molecule has 0 spiro atoms. The Labute approximate surface area is 440 Å². The van der Waals surface area contributed by atoms with Gasteiger partial charge in [-0.05, 0) is 117 Å². The van der Waals surface area contributed by atoms with Crippen LogP contribution < -0.4 is 31.8 Å². The molecule has 1 aliphatic heterocycles. The zero-order valence-corrected chi connectivity index (χ0v) is 44.3. The van der Waals surface area contributed by atoms with Gasteiger partial charge in [-0.25, -0.2) is 4.98 Å². The van der Waals surface area contributed by atoms with Crippen molar-refractivity contribution in [1.82, 2.24) is 9.97 Å². The van der Waals surface area contributed by atoms with Crippen LogP contribution in [-0.4, -0.2) is 28.3 Å². The number of halogens is 1. The summed E-state index contributed by atoms with van der Waals surface area (Å²) in [5.41, 5.74) is 2.75. The number of para-hydroxylation sites is 4. The summed E-state index contributed by atoms with van der Waals surface area (Å²) in [5.74, 6) is 2.25. The minimum Gasteiger partial charge on any atom is -0.437 e. The number of hydrogen-bond donors (Lipinski definition) is 0. The van der Waals surface area contributed by atoms with Crippen molar-refractivity contribution in [2.24, 2.45) is 0 Å².